The van der Waals surface area contributed by atoms with Crippen molar-refractivity contribution in [3.05, 3.63) is 75.1 Å². The van der Waals surface area contributed by atoms with E-state index in [1.165, 1.54) is 30.3 Å². The van der Waals surface area contributed by atoms with Crippen LogP contribution in [0.3, 0.4) is 0 Å². The molecule has 1 aliphatic rings. The molecule has 2 heterocycles. The molecule has 4 nitrogen and oxygen atoms in total. The average Bonchev–Trinajstić information content (AvgIpc) is 3.17. The zero-order chi connectivity index (χ0) is 20.4. The average molecular weight is 434 g/mol. The van der Waals surface area contributed by atoms with Gasteiger partial charge in [-0.1, -0.05) is 17.7 Å². The van der Waals surface area contributed by atoms with Gasteiger partial charge in [0.15, 0.2) is 0 Å². The van der Waals surface area contributed by atoms with Gasteiger partial charge in [0.2, 0.25) is 0 Å². The predicted molar refractivity (Wildman–Crippen MR) is 110 cm³/mol. The van der Waals surface area contributed by atoms with Crippen LogP contribution in [0.4, 0.5) is 8.78 Å². The fourth-order valence-corrected chi connectivity index (χ4v) is 4.39. The van der Waals surface area contributed by atoms with Gasteiger partial charge in [-0.15, -0.1) is 11.3 Å². The second-order valence-electron chi connectivity index (χ2n) is 6.80. The Hall–Kier alpha value is -2.35. The van der Waals surface area contributed by atoms with Crippen molar-refractivity contribution in [3.63, 3.8) is 0 Å². The molecule has 2 aromatic carbocycles. The summed E-state index contributed by atoms with van der Waals surface area (Å²) in [7, 11) is 0. The molecule has 8 heteroatoms. The Morgan fingerprint density at radius 1 is 1.07 bits per heavy atom. The normalized spacial score (nSPS) is 14.9. The molecule has 0 aliphatic carbocycles. The number of benzene rings is 2. The number of hydrogen-bond acceptors (Lipinski definition) is 4. The smallest absolute Gasteiger partial charge is 0.258 e. The number of hydrogen-bond donors (Lipinski definition) is 0. The number of thiazole rings is 1. The topological polar surface area (TPSA) is 36.4 Å². The molecule has 1 aliphatic heterocycles. The van der Waals surface area contributed by atoms with Gasteiger partial charge in [0, 0.05) is 37.1 Å². The molecule has 0 radical (unpaired) electrons. The predicted octanol–water partition coefficient (Wildman–Crippen LogP) is 4.70. The van der Waals surface area contributed by atoms with Gasteiger partial charge in [-0.2, -0.15) is 0 Å². The van der Waals surface area contributed by atoms with Gasteiger partial charge >= 0.3 is 0 Å². The lowest BCUT2D eigenvalue weighted by molar-refractivity contribution is 0.0624. The third-order valence-corrected chi connectivity index (χ3v) is 6.04. The first-order valence-corrected chi connectivity index (χ1v) is 10.4. The Morgan fingerprint density at radius 3 is 2.48 bits per heavy atom. The SMILES string of the molecule is O=C(c1c(F)cccc1Cl)N1CCN(Cc2nc(-c3ccc(F)cc3)cs2)CC1. The lowest BCUT2D eigenvalue weighted by atomic mass is 10.1. The van der Waals surface area contributed by atoms with E-state index in [1.807, 2.05) is 5.38 Å². The fourth-order valence-electron chi connectivity index (χ4n) is 3.30. The molecule has 3 aromatic rings. The number of carbonyl (C=O) groups excluding carboxylic acids is 1. The van der Waals surface area contributed by atoms with Gasteiger partial charge in [-0.25, -0.2) is 13.8 Å². The lowest BCUT2D eigenvalue weighted by Gasteiger charge is -2.34. The van der Waals surface area contributed by atoms with Crippen molar-refractivity contribution in [1.82, 2.24) is 14.8 Å². The molecule has 1 fully saturated rings. The molecule has 0 unspecified atom stereocenters. The third kappa shape index (κ3) is 4.47. The van der Waals surface area contributed by atoms with Gasteiger partial charge in [0.05, 0.1) is 22.8 Å². The number of nitrogens with zero attached hydrogens (tertiary/aromatic N) is 3. The number of piperazine rings is 1. The summed E-state index contributed by atoms with van der Waals surface area (Å²) in [5.41, 5.74) is 1.64. The van der Waals surface area contributed by atoms with Crippen molar-refractivity contribution in [2.75, 3.05) is 26.2 Å². The van der Waals surface area contributed by atoms with E-state index in [9.17, 15) is 13.6 Å². The highest BCUT2D eigenvalue weighted by molar-refractivity contribution is 7.09. The summed E-state index contributed by atoms with van der Waals surface area (Å²) in [6.07, 6.45) is 0. The molecule has 29 heavy (non-hydrogen) atoms. The fraction of sp³-hybridized carbons (Fsp3) is 0.238. The second kappa shape index (κ2) is 8.57. The van der Waals surface area contributed by atoms with E-state index in [0.717, 1.165) is 16.3 Å². The van der Waals surface area contributed by atoms with Crippen LogP contribution in [0.1, 0.15) is 15.4 Å². The van der Waals surface area contributed by atoms with E-state index in [4.69, 9.17) is 11.6 Å². The monoisotopic (exact) mass is 433 g/mol. The van der Waals surface area contributed by atoms with Crippen LogP contribution in [0.2, 0.25) is 5.02 Å². The molecule has 0 spiro atoms. The lowest BCUT2D eigenvalue weighted by Crippen LogP contribution is -2.48. The Labute approximate surface area is 176 Å². The zero-order valence-corrected chi connectivity index (χ0v) is 17.0. The molecule has 1 saturated heterocycles. The van der Waals surface area contributed by atoms with Crippen molar-refractivity contribution >= 4 is 28.8 Å². The standard InChI is InChI=1S/C21H18ClF2N3OS/c22-16-2-1-3-17(24)20(16)21(28)27-10-8-26(9-11-27)12-19-25-18(13-29-19)14-4-6-15(23)7-5-14/h1-7,13H,8-12H2. The van der Waals surface area contributed by atoms with Crippen molar-refractivity contribution in [2.45, 2.75) is 6.54 Å². The second-order valence-corrected chi connectivity index (χ2v) is 8.15. The summed E-state index contributed by atoms with van der Waals surface area (Å²) >= 11 is 7.57. The van der Waals surface area contributed by atoms with Gasteiger partial charge in [0.25, 0.3) is 5.91 Å². The summed E-state index contributed by atoms with van der Waals surface area (Å²) in [4.78, 5) is 21.1. The van der Waals surface area contributed by atoms with Gasteiger partial charge in [0.1, 0.15) is 16.6 Å². The van der Waals surface area contributed by atoms with E-state index in [2.05, 4.69) is 9.88 Å². The van der Waals surface area contributed by atoms with Gasteiger partial charge in [-0.3, -0.25) is 9.69 Å². The van der Waals surface area contributed by atoms with E-state index in [0.29, 0.717) is 32.7 Å². The highest BCUT2D eigenvalue weighted by atomic mass is 35.5. The number of amides is 1. The number of rotatable bonds is 4. The summed E-state index contributed by atoms with van der Waals surface area (Å²) in [6, 6.07) is 10.5. The Bertz CT molecular complexity index is 997. The Balaban J connectivity index is 1.36. The third-order valence-electron chi connectivity index (χ3n) is 4.89. The zero-order valence-electron chi connectivity index (χ0n) is 15.4. The summed E-state index contributed by atoms with van der Waals surface area (Å²) in [5.74, 6) is -1.24. The van der Waals surface area contributed by atoms with Crippen LogP contribution in [0, 0.1) is 11.6 Å². The molecule has 150 valence electrons. The first-order valence-electron chi connectivity index (χ1n) is 9.17. The Kier molecular flexibility index (Phi) is 5.89. The molecule has 0 N–H and O–H groups in total. The van der Waals surface area contributed by atoms with Crippen LogP contribution in [-0.4, -0.2) is 46.9 Å². The highest BCUT2D eigenvalue weighted by Gasteiger charge is 2.26. The van der Waals surface area contributed by atoms with E-state index in [1.54, 1.807) is 28.4 Å². The van der Waals surface area contributed by atoms with Crippen molar-refractivity contribution in [1.29, 1.82) is 0 Å². The maximum Gasteiger partial charge on any atom is 0.258 e. The number of carbonyl (C=O) groups is 1. The molecule has 0 saturated carbocycles. The van der Waals surface area contributed by atoms with Crippen molar-refractivity contribution in [3.8, 4) is 11.3 Å². The molecular formula is C21H18ClF2N3OS. The largest absolute Gasteiger partial charge is 0.336 e. The van der Waals surface area contributed by atoms with E-state index >= 15 is 0 Å². The Morgan fingerprint density at radius 2 is 1.79 bits per heavy atom. The van der Waals surface area contributed by atoms with Gasteiger partial charge in [-0.05, 0) is 36.4 Å². The number of halogens is 3. The maximum atomic E-state index is 14.0. The maximum absolute atomic E-state index is 14.0. The highest BCUT2D eigenvalue weighted by Crippen LogP contribution is 2.24. The van der Waals surface area contributed by atoms with E-state index < -0.39 is 5.82 Å². The molecule has 1 amide bonds. The first kappa shape index (κ1) is 19.9. The quantitative estimate of drug-likeness (QED) is 0.598. The minimum atomic E-state index is -0.596. The van der Waals surface area contributed by atoms with Crippen molar-refractivity contribution < 1.29 is 13.6 Å². The van der Waals surface area contributed by atoms with Gasteiger partial charge < -0.3 is 4.90 Å². The van der Waals surface area contributed by atoms with Crippen LogP contribution in [0.25, 0.3) is 11.3 Å². The summed E-state index contributed by atoms with van der Waals surface area (Å²) in [5, 5.41) is 3.05. The first-order chi connectivity index (χ1) is 14.0. The summed E-state index contributed by atoms with van der Waals surface area (Å²) in [6.45, 7) is 3.01. The van der Waals surface area contributed by atoms with E-state index in [-0.39, 0.29) is 22.3 Å². The van der Waals surface area contributed by atoms with Crippen LogP contribution < -0.4 is 0 Å². The molecule has 4 rings (SSSR count). The van der Waals surface area contributed by atoms with Crippen LogP contribution >= 0.6 is 22.9 Å². The molecule has 1 aromatic heterocycles. The molecule has 0 bridgehead atoms. The summed E-state index contributed by atoms with van der Waals surface area (Å²) < 4.78 is 27.1. The van der Waals surface area contributed by atoms with Crippen molar-refractivity contribution in [2.24, 2.45) is 0 Å². The van der Waals surface area contributed by atoms with Crippen LogP contribution in [-0.2, 0) is 6.54 Å². The number of aromatic nitrogens is 1. The molecular weight excluding hydrogens is 416 g/mol. The van der Waals surface area contributed by atoms with Crippen LogP contribution in [0.15, 0.2) is 47.8 Å². The van der Waals surface area contributed by atoms with Crippen LogP contribution in [0.5, 0.6) is 0 Å². The minimum Gasteiger partial charge on any atom is -0.336 e. The minimum absolute atomic E-state index is 0.0634. The molecule has 0 atom stereocenters.